The van der Waals surface area contributed by atoms with Gasteiger partial charge in [-0.2, -0.15) is 0 Å². The number of rotatable bonds is 8. The quantitative estimate of drug-likeness (QED) is 0.486. The lowest BCUT2D eigenvalue weighted by molar-refractivity contribution is 0.581. The van der Waals surface area contributed by atoms with Crippen molar-refractivity contribution in [3.63, 3.8) is 0 Å². The van der Waals surface area contributed by atoms with E-state index in [1.54, 1.807) is 0 Å². The molecule has 144 valence electrons. The lowest BCUT2D eigenvalue weighted by atomic mass is 10.1. The van der Waals surface area contributed by atoms with Crippen molar-refractivity contribution in [3.05, 3.63) is 35.5 Å². The van der Waals surface area contributed by atoms with Gasteiger partial charge in [-0.05, 0) is 44.7 Å². The molecule has 26 heavy (non-hydrogen) atoms. The molecular weight excluding hydrogens is 348 g/mol. The largest absolute Gasteiger partial charge is 0.361 e. The average Bonchev–Trinajstić information content (AvgIpc) is 2.97. The summed E-state index contributed by atoms with van der Waals surface area (Å²) in [5.41, 5.74) is 3.69. The van der Waals surface area contributed by atoms with Crippen LogP contribution < -0.4 is 10.6 Å². The van der Waals surface area contributed by atoms with Crippen molar-refractivity contribution >= 4 is 26.7 Å². The molecule has 1 atom stereocenters. The van der Waals surface area contributed by atoms with Gasteiger partial charge in [0.2, 0.25) is 0 Å². The molecule has 0 aliphatic carbocycles. The lowest BCUT2D eigenvalue weighted by Crippen LogP contribution is -2.43. The van der Waals surface area contributed by atoms with Crippen molar-refractivity contribution in [1.82, 2.24) is 15.6 Å². The van der Waals surface area contributed by atoms with Gasteiger partial charge >= 0.3 is 0 Å². The van der Waals surface area contributed by atoms with Crippen LogP contribution in [0.3, 0.4) is 0 Å². The van der Waals surface area contributed by atoms with Crippen LogP contribution >= 0.6 is 0 Å². The molecule has 0 aliphatic heterocycles. The number of hydrogen-bond acceptors (Lipinski definition) is 3. The van der Waals surface area contributed by atoms with E-state index < -0.39 is 9.84 Å². The van der Waals surface area contributed by atoms with E-state index in [4.69, 9.17) is 0 Å². The van der Waals surface area contributed by atoms with Crippen LogP contribution in [0.2, 0.25) is 0 Å². The molecule has 0 aliphatic rings. The molecule has 0 fully saturated rings. The van der Waals surface area contributed by atoms with Crippen LogP contribution in [0.25, 0.3) is 10.9 Å². The number of H-pyrrole nitrogens is 1. The second-order valence-electron chi connectivity index (χ2n) is 6.79. The molecule has 0 bridgehead atoms. The third kappa shape index (κ3) is 6.05. The highest BCUT2D eigenvalue weighted by Crippen LogP contribution is 2.21. The second kappa shape index (κ2) is 9.07. The average molecular weight is 379 g/mol. The van der Waals surface area contributed by atoms with E-state index in [-0.39, 0.29) is 11.8 Å². The van der Waals surface area contributed by atoms with Gasteiger partial charge in [0.15, 0.2) is 5.96 Å². The van der Waals surface area contributed by atoms with Crippen molar-refractivity contribution in [2.45, 2.75) is 39.7 Å². The Kier molecular flexibility index (Phi) is 7.08. The molecule has 3 N–H and O–H groups in total. The van der Waals surface area contributed by atoms with Gasteiger partial charge < -0.3 is 15.6 Å². The molecular formula is C19H30N4O2S. The number of fused-ring (bicyclic) bond motifs is 1. The lowest BCUT2D eigenvalue weighted by Gasteiger charge is -2.17. The van der Waals surface area contributed by atoms with E-state index in [2.05, 4.69) is 51.9 Å². The van der Waals surface area contributed by atoms with Crippen LogP contribution in [0.5, 0.6) is 0 Å². The zero-order valence-corrected chi connectivity index (χ0v) is 16.9. The molecule has 0 saturated carbocycles. The Morgan fingerprint density at radius 2 is 2.12 bits per heavy atom. The van der Waals surface area contributed by atoms with Crippen molar-refractivity contribution in [1.29, 1.82) is 0 Å². The summed E-state index contributed by atoms with van der Waals surface area (Å²) in [6, 6.07) is 6.35. The smallest absolute Gasteiger partial charge is 0.191 e. The van der Waals surface area contributed by atoms with Crippen molar-refractivity contribution in [2.75, 3.05) is 25.1 Å². The minimum absolute atomic E-state index is 0.0401. The van der Waals surface area contributed by atoms with Crippen LogP contribution in [0.15, 0.2) is 29.4 Å². The maximum atomic E-state index is 11.3. The third-order valence-corrected chi connectivity index (χ3v) is 5.29. The first kappa shape index (κ1) is 20.3. The molecule has 7 heteroatoms. The fourth-order valence-corrected chi connectivity index (χ4v) is 3.66. The first-order chi connectivity index (χ1) is 12.3. The summed E-state index contributed by atoms with van der Waals surface area (Å²) in [6.45, 7) is 7.51. The molecule has 0 radical (unpaired) electrons. The number of guanidine groups is 1. The minimum Gasteiger partial charge on any atom is -0.361 e. The van der Waals surface area contributed by atoms with E-state index in [0.29, 0.717) is 13.0 Å². The first-order valence-corrected chi connectivity index (χ1v) is 11.1. The number of benzene rings is 1. The first-order valence-electron chi connectivity index (χ1n) is 9.08. The molecule has 1 heterocycles. The zero-order chi connectivity index (χ0) is 19.2. The van der Waals surface area contributed by atoms with E-state index in [9.17, 15) is 8.42 Å². The maximum absolute atomic E-state index is 11.3. The normalized spacial score (nSPS) is 13.8. The molecule has 1 unspecified atom stereocenters. The van der Waals surface area contributed by atoms with Crippen molar-refractivity contribution in [2.24, 2.45) is 4.99 Å². The van der Waals surface area contributed by atoms with Gasteiger partial charge in [0.05, 0.1) is 5.75 Å². The van der Waals surface area contributed by atoms with E-state index in [1.165, 1.54) is 28.3 Å². The summed E-state index contributed by atoms with van der Waals surface area (Å²) in [5, 5.41) is 7.75. The summed E-state index contributed by atoms with van der Waals surface area (Å²) < 4.78 is 22.6. The van der Waals surface area contributed by atoms with Gasteiger partial charge in [0.25, 0.3) is 0 Å². The predicted octanol–water partition coefficient (Wildman–Crippen LogP) is 2.40. The van der Waals surface area contributed by atoms with Crippen molar-refractivity contribution in [3.8, 4) is 0 Å². The highest BCUT2D eigenvalue weighted by molar-refractivity contribution is 7.90. The number of para-hydroxylation sites is 1. The summed E-state index contributed by atoms with van der Waals surface area (Å²) in [5.74, 6) is 0.902. The number of aromatic amines is 1. The predicted molar refractivity (Wildman–Crippen MR) is 110 cm³/mol. The molecule has 6 nitrogen and oxygen atoms in total. The van der Waals surface area contributed by atoms with Crippen LogP contribution in [0.1, 0.15) is 31.4 Å². The molecule has 0 saturated heterocycles. The molecule has 0 spiro atoms. The summed E-state index contributed by atoms with van der Waals surface area (Å²) >= 11 is 0. The monoisotopic (exact) mass is 378 g/mol. The Balaban J connectivity index is 1.96. The second-order valence-corrected chi connectivity index (χ2v) is 9.05. The van der Waals surface area contributed by atoms with E-state index in [0.717, 1.165) is 18.9 Å². The Morgan fingerprint density at radius 1 is 1.35 bits per heavy atom. The van der Waals surface area contributed by atoms with Crippen LogP contribution in [-0.2, 0) is 16.3 Å². The number of sulfone groups is 1. The number of aryl methyl sites for hydroxylation is 1. The molecule has 2 rings (SSSR count). The van der Waals surface area contributed by atoms with Crippen molar-refractivity contribution < 1.29 is 8.42 Å². The van der Waals surface area contributed by atoms with Crippen LogP contribution in [0.4, 0.5) is 0 Å². The van der Waals surface area contributed by atoms with Gasteiger partial charge in [-0.1, -0.05) is 18.2 Å². The number of aromatic nitrogens is 1. The Hall–Kier alpha value is -2.02. The molecule has 0 amide bonds. The van der Waals surface area contributed by atoms with E-state index in [1.807, 2.05) is 13.8 Å². The number of hydrogen-bond donors (Lipinski definition) is 3. The highest BCUT2D eigenvalue weighted by Gasteiger charge is 2.10. The zero-order valence-electron chi connectivity index (χ0n) is 16.1. The topological polar surface area (TPSA) is 86.3 Å². The van der Waals surface area contributed by atoms with Gasteiger partial charge in [0.1, 0.15) is 9.84 Å². The third-order valence-electron chi connectivity index (χ3n) is 4.31. The Morgan fingerprint density at radius 3 is 2.81 bits per heavy atom. The number of nitrogens with one attached hydrogen (secondary N) is 3. The summed E-state index contributed by atoms with van der Waals surface area (Å²) in [7, 11) is -2.94. The van der Waals surface area contributed by atoms with Crippen LogP contribution in [-0.4, -0.2) is 50.5 Å². The standard InChI is InChI=1S/C19H30N4O2S/c1-5-20-19(23-15(3)10-12-26(4,24)25)21-11-9-16-13-22-18-14(2)7-6-8-17(16)18/h6-8,13,15,22H,5,9-12H2,1-4H3,(H2,20,21,23). The summed E-state index contributed by atoms with van der Waals surface area (Å²) in [4.78, 5) is 7.98. The molecule has 1 aromatic carbocycles. The molecule has 2 aromatic rings. The van der Waals surface area contributed by atoms with Crippen LogP contribution in [0, 0.1) is 6.92 Å². The minimum atomic E-state index is -2.94. The SMILES string of the molecule is CCNC(=NCCc1c[nH]c2c(C)cccc12)NC(C)CCS(C)(=O)=O. The number of aliphatic imine (C=N–C) groups is 1. The maximum Gasteiger partial charge on any atom is 0.191 e. The highest BCUT2D eigenvalue weighted by atomic mass is 32.2. The Bertz CT molecular complexity index is 856. The van der Waals surface area contributed by atoms with Gasteiger partial charge in [-0.3, -0.25) is 4.99 Å². The van der Waals surface area contributed by atoms with Gasteiger partial charge in [0, 0.05) is 42.5 Å². The Labute approximate surface area is 156 Å². The molecule has 1 aromatic heterocycles. The fourth-order valence-electron chi connectivity index (χ4n) is 2.88. The van der Waals surface area contributed by atoms with Gasteiger partial charge in [-0.15, -0.1) is 0 Å². The van der Waals surface area contributed by atoms with E-state index >= 15 is 0 Å². The number of nitrogens with zero attached hydrogens (tertiary/aromatic N) is 1. The summed E-state index contributed by atoms with van der Waals surface area (Å²) in [6.07, 6.45) is 4.73. The fraction of sp³-hybridized carbons (Fsp3) is 0.526. The van der Waals surface area contributed by atoms with Gasteiger partial charge in [-0.25, -0.2) is 8.42 Å².